The predicted molar refractivity (Wildman–Crippen MR) is 80.4 cm³/mol. The number of aryl methyl sites for hydroxylation is 2. The molecule has 0 saturated carbocycles. The molecule has 0 fully saturated rings. The molecule has 1 nitrogen and oxygen atoms in total. The lowest BCUT2D eigenvalue weighted by Crippen LogP contribution is -2.22. The van der Waals surface area contributed by atoms with Crippen LogP contribution in [0.15, 0.2) is 35.7 Å². The van der Waals surface area contributed by atoms with Crippen molar-refractivity contribution < 1.29 is 0 Å². The van der Waals surface area contributed by atoms with Gasteiger partial charge in [0.2, 0.25) is 0 Å². The molecular formula is C16H21NS. The van der Waals surface area contributed by atoms with E-state index in [1.807, 2.05) is 11.3 Å². The van der Waals surface area contributed by atoms with E-state index in [-0.39, 0.29) is 0 Å². The second-order valence-corrected chi connectivity index (χ2v) is 5.74. The molecule has 2 aromatic rings. The van der Waals surface area contributed by atoms with E-state index in [9.17, 15) is 0 Å². The molecule has 0 aliphatic carbocycles. The van der Waals surface area contributed by atoms with Crippen LogP contribution in [-0.4, -0.2) is 6.54 Å². The van der Waals surface area contributed by atoms with Gasteiger partial charge in [-0.15, -0.1) is 11.3 Å². The third-order valence-corrected chi connectivity index (χ3v) is 4.25. The summed E-state index contributed by atoms with van der Waals surface area (Å²) in [4.78, 5) is 1.43. The van der Waals surface area contributed by atoms with Crippen molar-refractivity contribution in [2.45, 2.75) is 33.2 Å². The lowest BCUT2D eigenvalue weighted by molar-refractivity contribution is 0.557. The summed E-state index contributed by atoms with van der Waals surface area (Å²) < 4.78 is 0. The zero-order valence-corrected chi connectivity index (χ0v) is 12.2. The fraction of sp³-hybridized carbons (Fsp3) is 0.375. The van der Waals surface area contributed by atoms with Crippen LogP contribution in [0.25, 0.3) is 0 Å². The van der Waals surface area contributed by atoms with Crippen molar-refractivity contribution in [2.75, 3.05) is 6.54 Å². The Kier molecular flexibility index (Phi) is 4.56. The van der Waals surface area contributed by atoms with Crippen LogP contribution < -0.4 is 5.32 Å². The fourth-order valence-electron chi connectivity index (χ4n) is 2.25. The van der Waals surface area contributed by atoms with Crippen LogP contribution in [0.4, 0.5) is 0 Å². The quantitative estimate of drug-likeness (QED) is 0.846. The van der Waals surface area contributed by atoms with Crippen LogP contribution >= 0.6 is 11.3 Å². The molecule has 2 heteroatoms. The summed E-state index contributed by atoms with van der Waals surface area (Å²) in [6.45, 7) is 7.54. The minimum absolute atomic E-state index is 0.440. The highest BCUT2D eigenvalue weighted by atomic mass is 32.1. The van der Waals surface area contributed by atoms with E-state index in [1.54, 1.807) is 0 Å². The highest BCUT2D eigenvalue weighted by Gasteiger charge is 2.13. The molecule has 1 aromatic heterocycles. The molecule has 1 N–H and O–H groups in total. The van der Waals surface area contributed by atoms with E-state index in [0.29, 0.717) is 6.04 Å². The van der Waals surface area contributed by atoms with E-state index in [0.717, 1.165) is 13.0 Å². The molecule has 0 aliphatic heterocycles. The first-order valence-electron chi connectivity index (χ1n) is 6.53. The summed E-state index contributed by atoms with van der Waals surface area (Å²) in [6, 6.07) is 11.5. The van der Waals surface area contributed by atoms with Gasteiger partial charge >= 0.3 is 0 Å². The summed E-state index contributed by atoms with van der Waals surface area (Å²) in [5.74, 6) is 0. The number of benzene rings is 1. The van der Waals surface area contributed by atoms with Gasteiger partial charge in [-0.3, -0.25) is 0 Å². The van der Waals surface area contributed by atoms with Crippen molar-refractivity contribution >= 4 is 11.3 Å². The second kappa shape index (κ2) is 6.17. The third kappa shape index (κ3) is 3.21. The Morgan fingerprint density at radius 1 is 1.22 bits per heavy atom. The summed E-state index contributed by atoms with van der Waals surface area (Å²) in [5, 5.41) is 5.75. The summed E-state index contributed by atoms with van der Waals surface area (Å²) in [5.41, 5.74) is 4.19. The number of likely N-dealkylation sites (N-methyl/N-ethyl adjacent to an activating group) is 1. The lowest BCUT2D eigenvalue weighted by atomic mass is 9.98. The van der Waals surface area contributed by atoms with Gasteiger partial charge in [0.25, 0.3) is 0 Å². The third-order valence-electron chi connectivity index (χ3n) is 3.27. The molecule has 0 amide bonds. The van der Waals surface area contributed by atoms with Crippen LogP contribution in [0.3, 0.4) is 0 Å². The van der Waals surface area contributed by atoms with Gasteiger partial charge in [-0.2, -0.15) is 0 Å². The van der Waals surface area contributed by atoms with E-state index in [2.05, 4.69) is 61.8 Å². The highest BCUT2D eigenvalue weighted by Crippen LogP contribution is 2.24. The molecule has 0 saturated heterocycles. The van der Waals surface area contributed by atoms with Gasteiger partial charge in [0, 0.05) is 10.9 Å². The molecule has 18 heavy (non-hydrogen) atoms. The van der Waals surface area contributed by atoms with Crippen molar-refractivity contribution in [1.82, 2.24) is 5.32 Å². The first-order valence-corrected chi connectivity index (χ1v) is 7.41. The van der Waals surface area contributed by atoms with Gasteiger partial charge in [0.1, 0.15) is 0 Å². The molecule has 96 valence electrons. The van der Waals surface area contributed by atoms with Gasteiger partial charge in [0.05, 0.1) is 0 Å². The normalized spacial score (nSPS) is 12.6. The van der Waals surface area contributed by atoms with Crippen LogP contribution in [0.1, 0.15) is 34.5 Å². The molecule has 1 aromatic carbocycles. The van der Waals surface area contributed by atoms with E-state index >= 15 is 0 Å². The monoisotopic (exact) mass is 259 g/mol. The molecule has 0 spiro atoms. The number of thiophene rings is 1. The topological polar surface area (TPSA) is 12.0 Å². The molecule has 1 atom stereocenters. The maximum Gasteiger partial charge on any atom is 0.0455 e. The van der Waals surface area contributed by atoms with Gasteiger partial charge in [-0.1, -0.05) is 36.8 Å². The second-order valence-electron chi connectivity index (χ2n) is 4.76. The maximum atomic E-state index is 3.59. The summed E-state index contributed by atoms with van der Waals surface area (Å²) in [7, 11) is 0. The smallest absolute Gasteiger partial charge is 0.0455 e. The maximum absolute atomic E-state index is 3.59. The Morgan fingerprint density at radius 2 is 2.06 bits per heavy atom. The van der Waals surface area contributed by atoms with Crippen LogP contribution in [-0.2, 0) is 6.42 Å². The number of rotatable bonds is 5. The van der Waals surface area contributed by atoms with Crippen molar-refractivity contribution in [1.29, 1.82) is 0 Å². The Balaban J connectivity index is 2.21. The van der Waals surface area contributed by atoms with E-state index in [1.165, 1.54) is 21.6 Å². The standard InChI is InChI=1S/C16H21NS/c1-4-17-15(16-6-5-9-18-16)11-14-10-12(2)7-8-13(14)3/h5-10,15,17H,4,11H2,1-3H3. The zero-order chi connectivity index (χ0) is 13.0. The summed E-state index contributed by atoms with van der Waals surface area (Å²) >= 11 is 1.84. The number of hydrogen-bond acceptors (Lipinski definition) is 2. The van der Waals surface area contributed by atoms with Crippen LogP contribution in [0, 0.1) is 13.8 Å². The first kappa shape index (κ1) is 13.3. The van der Waals surface area contributed by atoms with Crippen LogP contribution in [0.5, 0.6) is 0 Å². The van der Waals surface area contributed by atoms with Gasteiger partial charge in [-0.25, -0.2) is 0 Å². The molecule has 0 aliphatic rings. The molecule has 0 bridgehead atoms. The summed E-state index contributed by atoms with van der Waals surface area (Å²) in [6.07, 6.45) is 1.07. The molecular weight excluding hydrogens is 238 g/mol. The van der Waals surface area contributed by atoms with Gasteiger partial charge < -0.3 is 5.32 Å². The molecule has 1 unspecified atom stereocenters. The first-order chi connectivity index (χ1) is 8.70. The fourth-order valence-corrected chi connectivity index (χ4v) is 3.05. The van der Waals surface area contributed by atoms with Crippen molar-refractivity contribution in [3.63, 3.8) is 0 Å². The number of nitrogens with one attached hydrogen (secondary N) is 1. The minimum atomic E-state index is 0.440. The van der Waals surface area contributed by atoms with E-state index in [4.69, 9.17) is 0 Å². The van der Waals surface area contributed by atoms with E-state index < -0.39 is 0 Å². The average Bonchev–Trinajstić information content (AvgIpc) is 2.87. The van der Waals surface area contributed by atoms with Crippen LogP contribution in [0.2, 0.25) is 0 Å². The largest absolute Gasteiger partial charge is 0.309 e. The Bertz CT molecular complexity index is 488. The lowest BCUT2D eigenvalue weighted by Gasteiger charge is -2.18. The minimum Gasteiger partial charge on any atom is -0.309 e. The van der Waals surface area contributed by atoms with Crippen molar-refractivity contribution in [3.8, 4) is 0 Å². The Hall–Kier alpha value is -1.12. The number of hydrogen-bond donors (Lipinski definition) is 1. The molecule has 2 rings (SSSR count). The van der Waals surface area contributed by atoms with Gasteiger partial charge in [0.15, 0.2) is 0 Å². The SMILES string of the molecule is CCNC(Cc1cc(C)ccc1C)c1cccs1. The average molecular weight is 259 g/mol. The predicted octanol–water partition coefficient (Wildman–Crippen LogP) is 4.26. The highest BCUT2D eigenvalue weighted by molar-refractivity contribution is 7.10. The van der Waals surface area contributed by atoms with Gasteiger partial charge in [-0.05, 0) is 49.4 Å². The van der Waals surface area contributed by atoms with Crippen molar-refractivity contribution in [3.05, 3.63) is 57.3 Å². The molecule has 1 heterocycles. The molecule has 0 radical (unpaired) electrons. The Labute approximate surface area is 114 Å². The Morgan fingerprint density at radius 3 is 2.72 bits per heavy atom. The zero-order valence-electron chi connectivity index (χ0n) is 11.4. The van der Waals surface area contributed by atoms with Crippen molar-refractivity contribution in [2.24, 2.45) is 0 Å².